The molecule has 2 aromatic heterocycles. The summed E-state index contributed by atoms with van der Waals surface area (Å²) in [7, 11) is -1.84. The number of aromatic nitrogens is 3. The molecule has 10 heteroatoms. The Morgan fingerprint density at radius 3 is 2.74 bits per heavy atom. The van der Waals surface area contributed by atoms with E-state index in [9.17, 15) is 8.42 Å². The SMILES string of the molecule is COCc1nncn1C1CCN(S(=O)(=O)c2ccc(Cl)s2)CC1. The molecule has 0 saturated carbocycles. The Morgan fingerprint density at radius 2 is 2.13 bits per heavy atom. The second-order valence-electron chi connectivity index (χ2n) is 5.28. The van der Waals surface area contributed by atoms with Gasteiger partial charge in [-0.05, 0) is 25.0 Å². The van der Waals surface area contributed by atoms with Crippen molar-refractivity contribution in [2.24, 2.45) is 0 Å². The molecule has 0 amide bonds. The monoisotopic (exact) mass is 376 g/mol. The highest BCUT2D eigenvalue weighted by Crippen LogP contribution is 2.31. The molecule has 0 unspecified atom stereocenters. The molecule has 0 aliphatic carbocycles. The van der Waals surface area contributed by atoms with Gasteiger partial charge in [0.25, 0.3) is 10.0 Å². The van der Waals surface area contributed by atoms with Crippen molar-refractivity contribution in [2.75, 3.05) is 20.2 Å². The molecule has 3 rings (SSSR count). The molecule has 126 valence electrons. The number of sulfonamides is 1. The highest BCUT2D eigenvalue weighted by molar-refractivity contribution is 7.91. The molecule has 0 atom stereocenters. The van der Waals surface area contributed by atoms with E-state index in [0.717, 1.165) is 17.2 Å². The van der Waals surface area contributed by atoms with Crippen LogP contribution in [0.4, 0.5) is 0 Å². The van der Waals surface area contributed by atoms with Gasteiger partial charge in [0.1, 0.15) is 17.1 Å². The number of methoxy groups -OCH3 is 1. The van der Waals surface area contributed by atoms with Crippen molar-refractivity contribution in [2.45, 2.75) is 29.7 Å². The molecule has 1 fully saturated rings. The van der Waals surface area contributed by atoms with Crippen molar-refractivity contribution in [3.63, 3.8) is 0 Å². The van der Waals surface area contributed by atoms with Gasteiger partial charge < -0.3 is 9.30 Å². The highest BCUT2D eigenvalue weighted by Gasteiger charge is 2.31. The van der Waals surface area contributed by atoms with E-state index in [1.54, 1.807) is 25.6 Å². The average molecular weight is 377 g/mol. The van der Waals surface area contributed by atoms with E-state index in [1.807, 2.05) is 4.57 Å². The molecule has 0 aromatic carbocycles. The lowest BCUT2D eigenvalue weighted by atomic mass is 10.1. The topological polar surface area (TPSA) is 77.3 Å². The normalized spacial score (nSPS) is 17.7. The van der Waals surface area contributed by atoms with Crippen molar-refractivity contribution < 1.29 is 13.2 Å². The summed E-state index contributed by atoms with van der Waals surface area (Å²) in [6.45, 7) is 1.33. The van der Waals surface area contributed by atoms with E-state index >= 15 is 0 Å². The number of hydrogen-bond acceptors (Lipinski definition) is 6. The fraction of sp³-hybridized carbons (Fsp3) is 0.538. The molecular formula is C13H17ClN4O3S2. The molecule has 0 bridgehead atoms. The largest absolute Gasteiger partial charge is 0.377 e. The Labute approximate surface area is 143 Å². The van der Waals surface area contributed by atoms with Crippen LogP contribution < -0.4 is 0 Å². The van der Waals surface area contributed by atoms with E-state index < -0.39 is 10.0 Å². The number of rotatable bonds is 5. The predicted molar refractivity (Wildman–Crippen MR) is 87.1 cm³/mol. The van der Waals surface area contributed by atoms with E-state index in [0.29, 0.717) is 41.1 Å². The summed E-state index contributed by atoms with van der Waals surface area (Å²) in [5, 5.41) is 7.96. The maximum absolute atomic E-state index is 12.6. The van der Waals surface area contributed by atoms with E-state index in [1.165, 1.54) is 4.31 Å². The molecule has 0 spiro atoms. The number of piperidine rings is 1. The van der Waals surface area contributed by atoms with Gasteiger partial charge in [-0.2, -0.15) is 4.31 Å². The van der Waals surface area contributed by atoms with Gasteiger partial charge in [-0.15, -0.1) is 21.5 Å². The van der Waals surface area contributed by atoms with Crippen LogP contribution in [0.2, 0.25) is 4.34 Å². The summed E-state index contributed by atoms with van der Waals surface area (Å²) in [5.74, 6) is 0.763. The van der Waals surface area contributed by atoms with Crippen LogP contribution in [0.25, 0.3) is 0 Å². The number of ether oxygens (including phenoxy) is 1. The Morgan fingerprint density at radius 1 is 1.39 bits per heavy atom. The molecule has 7 nitrogen and oxygen atoms in total. The fourth-order valence-corrected chi connectivity index (χ4v) is 5.83. The third-order valence-corrected chi connectivity index (χ3v) is 7.48. The average Bonchev–Trinajstić information content (AvgIpc) is 3.17. The van der Waals surface area contributed by atoms with Crippen LogP contribution in [0.1, 0.15) is 24.7 Å². The molecule has 1 saturated heterocycles. The summed E-state index contributed by atoms with van der Waals surface area (Å²) in [5.41, 5.74) is 0. The van der Waals surface area contributed by atoms with Gasteiger partial charge in [-0.3, -0.25) is 0 Å². The van der Waals surface area contributed by atoms with E-state index in [4.69, 9.17) is 16.3 Å². The van der Waals surface area contributed by atoms with Crippen molar-refractivity contribution in [1.82, 2.24) is 19.1 Å². The summed E-state index contributed by atoms with van der Waals surface area (Å²) in [6.07, 6.45) is 3.11. The zero-order valence-corrected chi connectivity index (χ0v) is 14.9. The lowest BCUT2D eigenvalue weighted by Crippen LogP contribution is -2.38. The first-order chi connectivity index (χ1) is 11.0. The van der Waals surface area contributed by atoms with Gasteiger partial charge in [-0.1, -0.05) is 11.6 Å². The number of nitrogens with zero attached hydrogens (tertiary/aromatic N) is 4. The Kier molecular flexibility index (Phi) is 5.02. The number of thiophene rings is 1. The zero-order chi connectivity index (χ0) is 16.4. The highest BCUT2D eigenvalue weighted by atomic mass is 35.5. The first kappa shape index (κ1) is 16.8. The summed E-state index contributed by atoms with van der Waals surface area (Å²) in [6, 6.07) is 3.36. The maximum atomic E-state index is 12.6. The van der Waals surface area contributed by atoms with Crippen LogP contribution in [0.15, 0.2) is 22.7 Å². The first-order valence-corrected chi connectivity index (χ1v) is 9.78. The Bertz CT molecular complexity index is 766. The number of halogens is 1. The second-order valence-corrected chi connectivity index (χ2v) is 9.16. The lowest BCUT2D eigenvalue weighted by molar-refractivity contribution is 0.167. The predicted octanol–water partition coefficient (Wildman–Crippen LogP) is 2.17. The van der Waals surface area contributed by atoms with Gasteiger partial charge >= 0.3 is 0 Å². The van der Waals surface area contributed by atoms with Crippen LogP contribution in [0, 0.1) is 0 Å². The molecular weight excluding hydrogens is 360 g/mol. The lowest BCUT2D eigenvalue weighted by Gasteiger charge is -2.31. The van der Waals surface area contributed by atoms with Crippen LogP contribution in [0.3, 0.4) is 0 Å². The zero-order valence-electron chi connectivity index (χ0n) is 12.6. The minimum atomic E-state index is -3.45. The summed E-state index contributed by atoms with van der Waals surface area (Å²) < 4.78 is 34.6. The third-order valence-electron chi connectivity index (χ3n) is 3.88. The smallest absolute Gasteiger partial charge is 0.252 e. The van der Waals surface area contributed by atoms with Crippen LogP contribution in [-0.4, -0.2) is 47.7 Å². The van der Waals surface area contributed by atoms with Gasteiger partial charge in [0.15, 0.2) is 5.82 Å². The fourth-order valence-electron chi connectivity index (χ4n) is 2.73. The molecule has 0 radical (unpaired) electrons. The van der Waals surface area contributed by atoms with Crippen molar-refractivity contribution in [3.05, 3.63) is 28.6 Å². The summed E-state index contributed by atoms with van der Waals surface area (Å²) in [4.78, 5) is 0. The maximum Gasteiger partial charge on any atom is 0.252 e. The quantitative estimate of drug-likeness (QED) is 0.799. The van der Waals surface area contributed by atoms with Gasteiger partial charge in [0.2, 0.25) is 0 Å². The van der Waals surface area contributed by atoms with Gasteiger partial charge in [-0.25, -0.2) is 8.42 Å². The molecule has 1 aliphatic heterocycles. The van der Waals surface area contributed by atoms with Crippen LogP contribution in [0.5, 0.6) is 0 Å². The second kappa shape index (κ2) is 6.86. The van der Waals surface area contributed by atoms with Crippen LogP contribution in [-0.2, 0) is 21.4 Å². The van der Waals surface area contributed by atoms with E-state index in [2.05, 4.69) is 10.2 Å². The van der Waals surface area contributed by atoms with Crippen molar-refractivity contribution >= 4 is 33.0 Å². The number of hydrogen-bond donors (Lipinski definition) is 0. The Balaban J connectivity index is 1.70. The minimum Gasteiger partial charge on any atom is -0.377 e. The molecule has 0 N–H and O–H groups in total. The molecule has 23 heavy (non-hydrogen) atoms. The van der Waals surface area contributed by atoms with Crippen molar-refractivity contribution in [1.29, 1.82) is 0 Å². The molecule has 3 heterocycles. The Hall–Kier alpha value is -1.000. The van der Waals surface area contributed by atoms with Gasteiger partial charge in [0.05, 0.1) is 4.34 Å². The first-order valence-electron chi connectivity index (χ1n) is 7.15. The van der Waals surface area contributed by atoms with Gasteiger partial charge in [0, 0.05) is 26.2 Å². The molecule has 1 aliphatic rings. The van der Waals surface area contributed by atoms with E-state index in [-0.39, 0.29) is 6.04 Å². The van der Waals surface area contributed by atoms with Crippen LogP contribution >= 0.6 is 22.9 Å². The third kappa shape index (κ3) is 3.43. The van der Waals surface area contributed by atoms with Crippen molar-refractivity contribution in [3.8, 4) is 0 Å². The standard InChI is InChI=1S/C13H17ClN4O3S2/c1-21-8-12-16-15-9-18(12)10-4-6-17(7-5-10)23(19,20)13-3-2-11(14)22-13/h2-3,9-10H,4-8H2,1H3. The molecule has 2 aromatic rings. The summed E-state index contributed by atoms with van der Waals surface area (Å²) >= 11 is 6.94. The minimum absolute atomic E-state index is 0.188.